The van der Waals surface area contributed by atoms with Gasteiger partial charge < -0.3 is 9.84 Å². The molecule has 0 aliphatic rings. The lowest BCUT2D eigenvalue weighted by atomic mass is 9.89. The summed E-state index contributed by atoms with van der Waals surface area (Å²) in [4.78, 5) is 24.6. The van der Waals surface area contributed by atoms with E-state index in [2.05, 4.69) is 0 Å². The van der Waals surface area contributed by atoms with E-state index < -0.39 is 11.6 Å². The van der Waals surface area contributed by atoms with Crippen LogP contribution in [0.4, 0.5) is 0 Å². The molecule has 1 atom stereocenters. The van der Waals surface area contributed by atoms with Gasteiger partial charge in [-0.2, -0.15) is 0 Å². The molecule has 0 aromatic heterocycles. The van der Waals surface area contributed by atoms with Crippen LogP contribution in [0.3, 0.4) is 0 Å². The molecule has 0 saturated carbocycles. The van der Waals surface area contributed by atoms with E-state index in [4.69, 9.17) is 4.74 Å². The lowest BCUT2D eigenvalue weighted by Crippen LogP contribution is -2.42. The highest BCUT2D eigenvalue weighted by molar-refractivity contribution is 6.00. The predicted molar refractivity (Wildman–Crippen MR) is 97.3 cm³/mol. The number of aliphatic hydroxyl groups is 1. The summed E-state index contributed by atoms with van der Waals surface area (Å²) in [6.07, 6.45) is 0.500. The molecule has 0 fully saturated rings. The minimum atomic E-state index is -1.76. The van der Waals surface area contributed by atoms with Gasteiger partial charge in [-0.3, -0.25) is 4.79 Å². The second kappa shape index (κ2) is 8.58. The Balaban J connectivity index is 2.15. The molecule has 4 heteroatoms. The molecule has 1 N–H and O–H groups in total. The summed E-state index contributed by atoms with van der Waals surface area (Å²) in [5.41, 5.74) is 0.778. The summed E-state index contributed by atoms with van der Waals surface area (Å²) in [7, 11) is 0. The standard InChI is InChI=1S/C21H24O4/c1-3-14-21(24,20(23)25-4-2)15-19(22)18-12-10-17(11-13-18)16-8-6-5-7-9-16/h5-13,24H,3-4,14-15H2,1-2H3. The SMILES string of the molecule is CCCC(O)(CC(=O)c1ccc(-c2ccccc2)cc1)C(=O)OCC. The van der Waals surface area contributed by atoms with E-state index in [1.807, 2.05) is 49.4 Å². The fourth-order valence-corrected chi connectivity index (χ4v) is 2.79. The number of hydrogen-bond acceptors (Lipinski definition) is 4. The Kier molecular flexibility index (Phi) is 6.48. The van der Waals surface area contributed by atoms with Crippen LogP contribution in [0, 0.1) is 0 Å². The molecule has 0 heterocycles. The number of carbonyl (C=O) groups is 2. The molecule has 0 amide bonds. The quantitative estimate of drug-likeness (QED) is 0.582. The van der Waals surface area contributed by atoms with Gasteiger partial charge in [0.15, 0.2) is 11.4 Å². The average molecular weight is 340 g/mol. The summed E-state index contributed by atoms with van der Waals surface area (Å²) in [5.74, 6) is -1.00. The topological polar surface area (TPSA) is 63.6 Å². The second-order valence-corrected chi connectivity index (χ2v) is 6.05. The van der Waals surface area contributed by atoms with Crippen molar-refractivity contribution >= 4 is 11.8 Å². The molecule has 25 heavy (non-hydrogen) atoms. The summed E-state index contributed by atoms with van der Waals surface area (Å²) >= 11 is 0. The molecule has 1 unspecified atom stereocenters. The van der Waals surface area contributed by atoms with Crippen LogP contribution in [0.1, 0.15) is 43.5 Å². The van der Waals surface area contributed by atoms with Crippen LogP contribution in [0.5, 0.6) is 0 Å². The van der Waals surface area contributed by atoms with Crippen molar-refractivity contribution in [2.45, 2.75) is 38.7 Å². The van der Waals surface area contributed by atoms with Crippen molar-refractivity contribution in [1.82, 2.24) is 0 Å². The zero-order valence-electron chi connectivity index (χ0n) is 14.7. The van der Waals surface area contributed by atoms with Crippen molar-refractivity contribution in [3.63, 3.8) is 0 Å². The molecule has 0 bridgehead atoms. The van der Waals surface area contributed by atoms with E-state index in [1.54, 1.807) is 19.1 Å². The van der Waals surface area contributed by atoms with E-state index >= 15 is 0 Å². The highest BCUT2D eigenvalue weighted by Crippen LogP contribution is 2.24. The highest BCUT2D eigenvalue weighted by atomic mass is 16.5. The molecule has 2 aromatic carbocycles. The molecule has 0 aliphatic heterocycles. The Morgan fingerprint density at radius 3 is 2.12 bits per heavy atom. The number of ether oxygens (including phenoxy) is 1. The van der Waals surface area contributed by atoms with Crippen LogP contribution in [0.2, 0.25) is 0 Å². The molecule has 132 valence electrons. The first-order valence-electron chi connectivity index (χ1n) is 8.58. The van der Waals surface area contributed by atoms with E-state index in [-0.39, 0.29) is 25.2 Å². The maximum atomic E-state index is 12.5. The molecule has 2 aromatic rings. The van der Waals surface area contributed by atoms with Crippen molar-refractivity contribution in [3.8, 4) is 11.1 Å². The van der Waals surface area contributed by atoms with Crippen molar-refractivity contribution in [1.29, 1.82) is 0 Å². The molecule has 2 rings (SSSR count). The summed E-state index contributed by atoms with van der Waals surface area (Å²) < 4.78 is 4.93. The molecule has 0 spiro atoms. The van der Waals surface area contributed by atoms with Gasteiger partial charge in [-0.15, -0.1) is 0 Å². The summed E-state index contributed by atoms with van der Waals surface area (Å²) in [6.45, 7) is 3.70. The number of rotatable bonds is 8. The van der Waals surface area contributed by atoms with E-state index in [9.17, 15) is 14.7 Å². The molecule has 0 saturated heterocycles. The number of esters is 1. The van der Waals surface area contributed by atoms with Crippen LogP contribution in [-0.4, -0.2) is 29.1 Å². The molecule has 0 radical (unpaired) electrons. The Labute approximate surface area is 148 Å². The highest BCUT2D eigenvalue weighted by Gasteiger charge is 2.39. The van der Waals surface area contributed by atoms with Gasteiger partial charge in [0.25, 0.3) is 0 Å². The van der Waals surface area contributed by atoms with Gasteiger partial charge in [-0.25, -0.2) is 4.79 Å². The number of Topliss-reactive ketones (excluding diaryl/α,β-unsaturated/α-hetero) is 1. The van der Waals surface area contributed by atoms with Crippen molar-refractivity contribution in [3.05, 3.63) is 60.2 Å². The monoisotopic (exact) mass is 340 g/mol. The number of hydrogen-bond donors (Lipinski definition) is 1. The number of ketones is 1. The average Bonchev–Trinajstić information content (AvgIpc) is 2.63. The summed E-state index contributed by atoms with van der Waals surface area (Å²) in [5, 5.41) is 10.6. The third-order valence-electron chi connectivity index (χ3n) is 4.09. The lowest BCUT2D eigenvalue weighted by molar-refractivity contribution is -0.165. The van der Waals surface area contributed by atoms with Crippen LogP contribution >= 0.6 is 0 Å². The van der Waals surface area contributed by atoms with Gasteiger partial charge in [0.1, 0.15) is 0 Å². The minimum Gasteiger partial charge on any atom is -0.464 e. The van der Waals surface area contributed by atoms with Crippen molar-refractivity contribution < 1.29 is 19.4 Å². The largest absolute Gasteiger partial charge is 0.464 e. The fraction of sp³-hybridized carbons (Fsp3) is 0.333. The lowest BCUT2D eigenvalue weighted by Gasteiger charge is -2.24. The Morgan fingerprint density at radius 2 is 1.56 bits per heavy atom. The van der Waals surface area contributed by atoms with E-state index in [0.717, 1.165) is 11.1 Å². The van der Waals surface area contributed by atoms with Crippen LogP contribution in [-0.2, 0) is 9.53 Å². The third-order valence-corrected chi connectivity index (χ3v) is 4.09. The first-order chi connectivity index (χ1) is 12.0. The number of carbonyl (C=O) groups excluding carboxylic acids is 2. The molecular weight excluding hydrogens is 316 g/mol. The van der Waals surface area contributed by atoms with Crippen molar-refractivity contribution in [2.24, 2.45) is 0 Å². The first-order valence-corrected chi connectivity index (χ1v) is 8.58. The summed E-state index contributed by atoms with van der Waals surface area (Å²) in [6, 6.07) is 17.0. The minimum absolute atomic E-state index is 0.171. The smallest absolute Gasteiger partial charge is 0.338 e. The predicted octanol–water partition coefficient (Wildman–Crippen LogP) is 4.02. The van der Waals surface area contributed by atoms with Gasteiger partial charge in [0.05, 0.1) is 13.0 Å². The van der Waals surface area contributed by atoms with Gasteiger partial charge in [0.2, 0.25) is 0 Å². The molecule has 0 aliphatic carbocycles. The molecule has 4 nitrogen and oxygen atoms in total. The van der Waals surface area contributed by atoms with Crippen LogP contribution in [0.15, 0.2) is 54.6 Å². The zero-order chi connectivity index (χ0) is 18.3. The Hall–Kier alpha value is -2.46. The second-order valence-electron chi connectivity index (χ2n) is 6.05. The maximum absolute atomic E-state index is 12.5. The van der Waals surface area contributed by atoms with Crippen LogP contribution in [0.25, 0.3) is 11.1 Å². The van der Waals surface area contributed by atoms with Crippen LogP contribution < -0.4 is 0 Å². The maximum Gasteiger partial charge on any atom is 0.338 e. The Morgan fingerprint density at radius 1 is 0.960 bits per heavy atom. The third kappa shape index (κ3) is 4.77. The van der Waals surface area contributed by atoms with E-state index in [0.29, 0.717) is 12.0 Å². The van der Waals surface area contributed by atoms with Crippen molar-refractivity contribution in [2.75, 3.05) is 6.61 Å². The normalized spacial score (nSPS) is 13.1. The fourth-order valence-electron chi connectivity index (χ4n) is 2.79. The van der Waals surface area contributed by atoms with Gasteiger partial charge in [-0.1, -0.05) is 67.9 Å². The zero-order valence-corrected chi connectivity index (χ0v) is 14.7. The van der Waals surface area contributed by atoms with Gasteiger partial charge in [0, 0.05) is 5.56 Å². The number of benzene rings is 2. The first kappa shape index (κ1) is 18.9. The van der Waals surface area contributed by atoms with Gasteiger partial charge >= 0.3 is 5.97 Å². The van der Waals surface area contributed by atoms with Gasteiger partial charge in [-0.05, 0) is 24.5 Å². The van der Waals surface area contributed by atoms with E-state index in [1.165, 1.54) is 0 Å². The Bertz CT molecular complexity index is 706. The molecular formula is C21H24O4.